The summed E-state index contributed by atoms with van der Waals surface area (Å²) in [6, 6.07) is 3.45. The zero-order valence-electron chi connectivity index (χ0n) is 12.7. The summed E-state index contributed by atoms with van der Waals surface area (Å²) >= 11 is 6.09. The van der Waals surface area contributed by atoms with Gasteiger partial charge in [-0.1, -0.05) is 16.8 Å². The summed E-state index contributed by atoms with van der Waals surface area (Å²) in [5.74, 6) is 0.822. The van der Waals surface area contributed by atoms with E-state index in [2.05, 4.69) is 9.88 Å². The van der Waals surface area contributed by atoms with E-state index in [1.54, 1.807) is 26.0 Å². The standard InChI is InChI=1S/C14H17ClN2O4S/c1-8-5-13(20-4)11(6-12(8)15)7-16-22(18,19)14-9(2)17-21-10(14)3/h5-6,16H,7H2,1-4H3. The van der Waals surface area contributed by atoms with E-state index in [0.717, 1.165) is 5.56 Å². The lowest BCUT2D eigenvalue weighted by molar-refractivity contribution is 0.390. The third-order valence-electron chi connectivity index (χ3n) is 3.25. The lowest BCUT2D eigenvalue weighted by Crippen LogP contribution is -2.24. The average Bonchev–Trinajstić information content (AvgIpc) is 2.79. The van der Waals surface area contributed by atoms with Crippen LogP contribution in [0.3, 0.4) is 0 Å². The fourth-order valence-electron chi connectivity index (χ4n) is 2.13. The number of methoxy groups -OCH3 is 1. The van der Waals surface area contributed by atoms with Gasteiger partial charge in [-0.15, -0.1) is 0 Å². The molecule has 1 N–H and O–H groups in total. The maximum absolute atomic E-state index is 12.4. The predicted octanol–water partition coefficient (Wildman–Crippen LogP) is 2.74. The van der Waals surface area contributed by atoms with Gasteiger partial charge in [-0.05, 0) is 38.5 Å². The van der Waals surface area contributed by atoms with Gasteiger partial charge in [-0.2, -0.15) is 0 Å². The first kappa shape index (κ1) is 16.8. The second-order valence-corrected chi connectivity index (χ2v) is 7.00. The van der Waals surface area contributed by atoms with Crippen molar-refractivity contribution < 1.29 is 17.7 Å². The molecule has 1 heterocycles. The molecule has 6 nitrogen and oxygen atoms in total. The van der Waals surface area contributed by atoms with Crippen LogP contribution in [0.2, 0.25) is 5.02 Å². The topological polar surface area (TPSA) is 81.4 Å². The molecule has 2 aromatic rings. The summed E-state index contributed by atoms with van der Waals surface area (Å²) in [4.78, 5) is 0.0599. The molecule has 120 valence electrons. The van der Waals surface area contributed by atoms with Crippen LogP contribution in [0.15, 0.2) is 21.6 Å². The van der Waals surface area contributed by atoms with Gasteiger partial charge in [0.2, 0.25) is 10.0 Å². The number of hydrogen-bond acceptors (Lipinski definition) is 5. The van der Waals surface area contributed by atoms with Gasteiger partial charge in [-0.25, -0.2) is 13.1 Å². The van der Waals surface area contributed by atoms with E-state index < -0.39 is 10.0 Å². The van der Waals surface area contributed by atoms with E-state index >= 15 is 0 Å². The van der Waals surface area contributed by atoms with Crippen LogP contribution in [0.4, 0.5) is 0 Å². The van der Waals surface area contributed by atoms with Gasteiger partial charge in [0.25, 0.3) is 0 Å². The lowest BCUT2D eigenvalue weighted by atomic mass is 10.1. The monoisotopic (exact) mass is 344 g/mol. The largest absolute Gasteiger partial charge is 0.496 e. The molecule has 0 saturated heterocycles. The summed E-state index contributed by atoms with van der Waals surface area (Å²) in [5.41, 5.74) is 1.82. The van der Waals surface area contributed by atoms with Crippen LogP contribution >= 0.6 is 11.6 Å². The number of halogens is 1. The van der Waals surface area contributed by atoms with Gasteiger partial charge in [0.15, 0.2) is 5.76 Å². The quantitative estimate of drug-likeness (QED) is 0.901. The Morgan fingerprint density at radius 1 is 1.32 bits per heavy atom. The molecule has 1 aromatic heterocycles. The van der Waals surface area contributed by atoms with E-state index in [-0.39, 0.29) is 17.2 Å². The number of aromatic nitrogens is 1. The SMILES string of the molecule is COc1cc(C)c(Cl)cc1CNS(=O)(=O)c1c(C)noc1C. The number of rotatable bonds is 5. The number of aryl methyl sites for hydroxylation is 3. The molecule has 0 aliphatic carbocycles. The Balaban J connectivity index is 2.28. The minimum atomic E-state index is -3.73. The second kappa shape index (κ2) is 6.28. The Morgan fingerprint density at radius 2 is 2.00 bits per heavy atom. The Morgan fingerprint density at radius 3 is 2.55 bits per heavy atom. The zero-order valence-corrected chi connectivity index (χ0v) is 14.3. The molecular weight excluding hydrogens is 328 g/mol. The summed E-state index contributed by atoms with van der Waals surface area (Å²) in [6.07, 6.45) is 0. The smallest absolute Gasteiger partial charge is 0.246 e. The molecule has 0 atom stereocenters. The fraction of sp³-hybridized carbons (Fsp3) is 0.357. The summed E-state index contributed by atoms with van der Waals surface area (Å²) in [5, 5.41) is 4.21. The first-order chi connectivity index (χ1) is 10.3. The zero-order chi connectivity index (χ0) is 16.5. The van der Waals surface area contributed by atoms with Crippen LogP contribution in [0, 0.1) is 20.8 Å². The van der Waals surface area contributed by atoms with Crippen LogP contribution < -0.4 is 9.46 Å². The Hall–Kier alpha value is -1.57. The maximum atomic E-state index is 12.4. The van der Waals surface area contributed by atoms with Crippen molar-refractivity contribution in [3.8, 4) is 5.75 Å². The fourth-order valence-corrected chi connectivity index (χ4v) is 3.65. The summed E-state index contributed by atoms with van der Waals surface area (Å²) in [7, 11) is -2.21. The van der Waals surface area contributed by atoms with Gasteiger partial charge in [0, 0.05) is 17.1 Å². The van der Waals surface area contributed by atoms with Gasteiger partial charge in [0.05, 0.1) is 7.11 Å². The van der Waals surface area contributed by atoms with Gasteiger partial charge >= 0.3 is 0 Å². The Kier molecular flexibility index (Phi) is 4.79. The van der Waals surface area contributed by atoms with Crippen molar-refractivity contribution in [1.82, 2.24) is 9.88 Å². The summed E-state index contributed by atoms with van der Waals surface area (Å²) < 4.78 is 37.4. The van der Waals surface area contributed by atoms with Crippen LogP contribution in [0.1, 0.15) is 22.6 Å². The van der Waals surface area contributed by atoms with Gasteiger partial charge < -0.3 is 9.26 Å². The molecule has 0 unspecified atom stereocenters. The highest BCUT2D eigenvalue weighted by Crippen LogP contribution is 2.27. The number of hydrogen-bond donors (Lipinski definition) is 1. The molecule has 1 aromatic carbocycles. The molecule has 2 rings (SSSR count). The number of sulfonamides is 1. The molecule has 0 radical (unpaired) electrons. The molecule has 0 saturated carbocycles. The first-order valence-corrected chi connectivity index (χ1v) is 8.38. The van der Waals surface area contributed by atoms with Crippen molar-refractivity contribution in [3.63, 3.8) is 0 Å². The minimum Gasteiger partial charge on any atom is -0.496 e. The van der Waals surface area contributed by atoms with Gasteiger partial charge in [0.1, 0.15) is 16.3 Å². The van der Waals surface area contributed by atoms with Gasteiger partial charge in [-0.3, -0.25) is 0 Å². The highest BCUT2D eigenvalue weighted by molar-refractivity contribution is 7.89. The second-order valence-electron chi connectivity index (χ2n) is 4.89. The molecule has 0 aliphatic rings. The molecule has 22 heavy (non-hydrogen) atoms. The van der Waals surface area contributed by atoms with E-state index in [4.69, 9.17) is 20.9 Å². The van der Waals surface area contributed by atoms with Crippen molar-refractivity contribution in [1.29, 1.82) is 0 Å². The Bertz CT molecular complexity index is 780. The van der Waals surface area contributed by atoms with E-state index in [0.29, 0.717) is 22.0 Å². The third kappa shape index (κ3) is 3.26. The van der Waals surface area contributed by atoms with Crippen molar-refractivity contribution in [2.45, 2.75) is 32.2 Å². The van der Waals surface area contributed by atoms with Crippen LogP contribution in [0.5, 0.6) is 5.75 Å². The number of ether oxygens (including phenoxy) is 1. The first-order valence-electron chi connectivity index (χ1n) is 6.52. The molecule has 0 aliphatic heterocycles. The van der Waals surface area contributed by atoms with Crippen molar-refractivity contribution in [2.24, 2.45) is 0 Å². The van der Waals surface area contributed by atoms with Crippen LogP contribution in [-0.2, 0) is 16.6 Å². The minimum absolute atomic E-state index is 0.0512. The average molecular weight is 345 g/mol. The molecular formula is C14H17ClN2O4S. The van der Waals surface area contributed by atoms with Crippen LogP contribution in [-0.4, -0.2) is 20.7 Å². The number of nitrogens with one attached hydrogen (secondary N) is 1. The molecule has 0 spiro atoms. The Labute approximate surface area is 134 Å². The maximum Gasteiger partial charge on any atom is 0.246 e. The van der Waals surface area contributed by atoms with Crippen molar-refractivity contribution in [2.75, 3.05) is 7.11 Å². The molecule has 0 bridgehead atoms. The summed E-state index contributed by atoms with van der Waals surface area (Å²) in [6.45, 7) is 5.03. The normalized spacial score (nSPS) is 11.7. The third-order valence-corrected chi connectivity index (χ3v) is 5.30. The van der Waals surface area contributed by atoms with E-state index in [1.807, 2.05) is 6.92 Å². The number of nitrogens with zero attached hydrogens (tertiary/aromatic N) is 1. The highest BCUT2D eigenvalue weighted by Gasteiger charge is 2.24. The van der Waals surface area contributed by atoms with Crippen LogP contribution in [0.25, 0.3) is 0 Å². The van der Waals surface area contributed by atoms with E-state index in [1.165, 1.54) is 7.11 Å². The molecule has 0 fully saturated rings. The predicted molar refractivity (Wildman–Crippen MR) is 82.7 cm³/mol. The molecule has 8 heteroatoms. The molecule has 0 amide bonds. The lowest BCUT2D eigenvalue weighted by Gasteiger charge is -2.12. The number of benzene rings is 1. The van der Waals surface area contributed by atoms with Crippen molar-refractivity contribution in [3.05, 3.63) is 39.7 Å². The highest BCUT2D eigenvalue weighted by atomic mass is 35.5. The van der Waals surface area contributed by atoms with E-state index in [9.17, 15) is 8.42 Å². The van der Waals surface area contributed by atoms with Crippen molar-refractivity contribution >= 4 is 21.6 Å².